The van der Waals surface area contributed by atoms with E-state index in [9.17, 15) is 19.7 Å². The second-order valence-electron chi connectivity index (χ2n) is 4.24. The second kappa shape index (κ2) is 4.67. The van der Waals surface area contributed by atoms with Crippen LogP contribution in [0.5, 0.6) is 0 Å². The molecule has 10 nitrogen and oxygen atoms in total. The molecule has 3 rings (SSSR count). The van der Waals surface area contributed by atoms with Crippen LogP contribution >= 0.6 is 0 Å². The van der Waals surface area contributed by atoms with Gasteiger partial charge in [0.15, 0.2) is 11.0 Å². The number of para-hydroxylation sites is 1. The van der Waals surface area contributed by atoms with Gasteiger partial charge in [-0.3, -0.25) is 29.9 Å². The fraction of sp³-hybridized carbons (Fsp3) is 0.0909. The summed E-state index contributed by atoms with van der Waals surface area (Å²) in [5.74, 6) is 0. The SMILES string of the molecule is O=c1[nH][nH]c(=O)c2c1nnn2Cc1ccccc1[N+](=O)[O-]. The summed E-state index contributed by atoms with van der Waals surface area (Å²) in [7, 11) is 0. The molecular weight excluding hydrogens is 280 g/mol. The van der Waals surface area contributed by atoms with Crippen LogP contribution in [-0.2, 0) is 6.54 Å². The van der Waals surface area contributed by atoms with Crippen LogP contribution in [0.4, 0.5) is 5.69 Å². The molecule has 2 N–H and O–H groups in total. The maximum atomic E-state index is 11.8. The van der Waals surface area contributed by atoms with Crippen molar-refractivity contribution in [1.29, 1.82) is 0 Å². The smallest absolute Gasteiger partial charge is 0.266 e. The first-order chi connectivity index (χ1) is 10.1. The van der Waals surface area contributed by atoms with E-state index in [1.807, 2.05) is 0 Å². The fourth-order valence-electron chi connectivity index (χ4n) is 2.02. The van der Waals surface area contributed by atoms with Crippen molar-refractivity contribution in [3.05, 3.63) is 60.7 Å². The summed E-state index contributed by atoms with van der Waals surface area (Å²) in [6.45, 7) is -0.0415. The van der Waals surface area contributed by atoms with Gasteiger partial charge in [-0.2, -0.15) is 0 Å². The van der Waals surface area contributed by atoms with Crippen LogP contribution in [0.15, 0.2) is 33.9 Å². The van der Waals surface area contributed by atoms with Gasteiger partial charge >= 0.3 is 0 Å². The number of nitrogens with one attached hydrogen (secondary N) is 2. The van der Waals surface area contributed by atoms with E-state index in [2.05, 4.69) is 20.5 Å². The van der Waals surface area contributed by atoms with Gasteiger partial charge < -0.3 is 0 Å². The second-order valence-corrected chi connectivity index (χ2v) is 4.24. The number of hydrogen-bond donors (Lipinski definition) is 2. The zero-order valence-electron chi connectivity index (χ0n) is 10.4. The molecule has 0 aliphatic carbocycles. The Bertz CT molecular complexity index is 953. The molecule has 0 aliphatic rings. The van der Waals surface area contributed by atoms with Gasteiger partial charge in [0.1, 0.15) is 0 Å². The van der Waals surface area contributed by atoms with Crippen LogP contribution in [0.1, 0.15) is 5.56 Å². The Morgan fingerprint density at radius 2 is 1.90 bits per heavy atom. The number of nitro groups is 1. The third kappa shape index (κ3) is 2.08. The molecule has 0 saturated heterocycles. The minimum atomic E-state index is -0.585. The highest BCUT2D eigenvalue weighted by Gasteiger charge is 2.17. The fourth-order valence-corrected chi connectivity index (χ4v) is 2.02. The number of H-pyrrole nitrogens is 2. The van der Waals surface area contributed by atoms with Crippen LogP contribution in [0.2, 0.25) is 0 Å². The van der Waals surface area contributed by atoms with Crippen LogP contribution < -0.4 is 11.1 Å². The first kappa shape index (κ1) is 12.7. The van der Waals surface area contributed by atoms with Gasteiger partial charge in [0.2, 0.25) is 0 Å². The third-order valence-electron chi connectivity index (χ3n) is 2.96. The predicted octanol–water partition coefficient (Wildman–Crippen LogP) is -0.236. The molecule has 0 bridgehead atoms. The first-order valence-electron chi connectivity index (χ1n) is 5.84. The first-order valence-corrected chi connectivity index (χ1v) is 5.84. The summed E-state index contributed by atoms with van der Waals surface area (Å²) in [6.07, 6.45) is 0. The van der Waals surface area contributed by atoms with E-state index in [0.717, 1.165) is 4.68 Å². The Balaban J connectivity index is 2.16. The largest absolute Gasteiger partial charge is 0.292 e. The Hall–Kier alpha value is -3.30. The van der Waals surface area contributed by atoms with Gasteiger partial charge in [-0.15, -0.1) is 5.10 Å². The normalized spacial score (nSPS) is 10.9. The summed E-state index contributed by atoms with van der Waals surface area (Å²) in [5.41, 5.74) is -1.04. The van der Waals surface area contributed by atoms with Gasteiger partial charge in [-0.05, 0) is 0 Å². The number of benzene rings is 1. The molecule has 10 heteroatoms. The molecule has 0 saturated carbocycles. The Kier molecular flexibility index (Phi) is 2.83. The van der Waals surface area contributed by atoms with Gasteiger partial charge in [-0.25, -0.2) is 4.68 Å². The molecule has 106 valence electrons. The van der Waals surface area contributed by atoms with Crippen LogP contribution in [-0.4, -0.2) is 30.1 Å². The van der Waals surface area contributed by atoms with Gasteiger partial charge in [0, 0.05) is 6.07 Å². The number of aromatic amines is 2. The zero-order valence-corrected chi connectivity index (χ0v) is 10.4. The molecule has 21 heavy (non-hydrogen) atoms. The van der Waals surface area contributed by atoms with Gasteiger partial charge in [-0.1, -0.05) is 23.4 Å². The number of fused-ring (bicyclic) bond motifs is 1. The number of rotatable bonds is 3. The molecule has 3 aromatic rings. The Morgan fingerprint density at radius 1 is 1.19 bits per heavy atom. The highest BCUT2D eigenvalue weighted by molar-refractivity contribution is 5.71. The molecule has 0 atom stereocenters. The van der Waals surface area contributed by atoms with Crippen molar-refractivity contribution in [1.82, 2.24) is 25.2 Å². The van der Waals surface area contributed by atoms with Gasteiger partial charge in [0.25, 0.3) is 16.8 Å². The minimum absolute atomic E-state index is 0.0306. The molecule has 2 heterocycles. The van der Waals surface area contributed by atoms with E-state index in [1.54, 1.807) is 18.2 Å². The molecular formula is C11H8N6O4. The summed E-state index contributed by atoms with van der Waals surface area (Å²) >= 11 is 0. The van der Waals surface area contributed by atoms with Crippen molar-refractivity contribution in [3.8, 4) is 0 Å². The lowest BCUT2D eigenvalue weighted by Crippen LogP contribution is -2.21. The summed E-state index contributed by atoms with van der Waals surface area (Å²) in [5, 5.41) is 22.6. The number of nitrogens with zero attached hydrogens (tertiary/aromatic N) is 4. The Morgan fingerprint density at radius 3 is 2.67 bits per heavy atom. The zero-order chi connectivity index (χ0) is 15.0. The monoisotopic (exact) mass is 288 g/mol. The molecule has 1 aromatic carbocycles. The van der Waals surface area contributed by atoms with E-state index in [0.29, 0.717) is 5.56 Å². The number of aromatic nitrogens is 5. The quantitative estimate of drug-likeness (QED) is 0.503. The summed E-state index contributed by atoms with van der Waals surface area (Å²) in [4.78, 5) is 33.7. The third-order valence-corrected chi connectivity index (χ3v) is 2.96. The van der Waals surface area contributed by atoms with E-state index in [1.165, 1.54) is 6.07 Å². The number of hydrogen-bond acceptors (Lipinski definition) is 6. The highest BCUT2D eigenvalue weighted by Crippen LogP contribution is 2.19. The van der Waals surface area contributed by atoms with E-state index >= 15 is 0 Å². The molecule has 0 radical (unpaired) electrons. The van der Waals surface area contributed by atoms with Crippen LogP contribution in [0.25, 0.3) is 11.0 Å². The average Bonchev–Trinajstić information content (AvgIpc) is 2.88. The lowest BCUT2D eigenvalue weighted by atomic mass is 10.2. The molecule has 0 fully saturated rings. The summed E-state index contributed by atoms with van der Waals surface area (Å²) < 4.78 is 1.16. The molecule has 0 amide bonds. The van der Waals surface area contributed by atoms with Crippen LogP contribution in [0, 0.1) is 10.1 Å². The van der Waals surface area contributed by atoms with Crippen molar-refractivity contribution >= 4 is 16.7 Å². The van der Waals surface area contributed by atoms with E-state index in [4.69, 9.17) is 0 Å². The maximum Gasteiger partial charge on any atom is 0.292 e. The molecule has 0 unspecified atom stereocenters. The maximum absolute atomic E-state index is 11.8. The van der Waals surface area contributed by atoms with Crippen LogP contribution in [0.3, 0.4) is 0 Å². The molecule has 2 aromatic heterocycles. The van der Waals surface area contributed by atoms with Gasteiger partial charge in [0.05, 0.1) is 17.0 Å². The highest BCUT2D eigenvalue weighted by atomic mass is 16.6. The lowest BCUT2D eigenvalue weighted by molar-refractivity contribution is -0.385. The Labute approximate surface area is 115 Å². The van der Waals surface area contributed by atoms with E-state index in [-0.39, 0.29) is 23.3 Å². The standard InChI is InChI=1S/C11H8N6O4/c18-10-8-9(11(19)14-13-10)16(15-12-8)5-6-3-1-2-4-7(6)17(20)21/h1-4H,5H2,(H,13,18)(H,14,19). The van der Waals surface area contributed by atoms with Crippen molar-refractivity contribution in [2.24, 2.45) is 0 Å². The summed E-state index contributed by atoms with van der Waals surface area (Å²) in [6, 6.07) is 6.08. The molecule has 0 spiro atoms. The lowest BCUT2D eigenvalue weighted by Gasteiger charge is -2.03. The minimum Gasteiger partial charge on any atom is -0.266 e. The van der Waals surface area contributed by atoms with Crippen molar-refractivity contribution < 1.29 is 4.92 Å². The average molecular weight is 288 g/mol. The predicted molar refractivity (Wildman–Crippen MR) is 71.0 cm³/mol. The van der Waals surface area contributed by atoms with Crippen molar-refractivity contribution in [2.75, 3.05) is 0 Å². The topological polar surface area (TPSA) is 140 Å². The number of nitro benzene ring substituents is 1. The van der Waals surface area contributed by atoms with Crippen molar-refractivity contribution in [2.45, 2.75) is 6.54 Å². The van der Waals surface area contributed by atoms with E-state index < -0.39 is 16.0 Å². The van der Waals surface area contributed by atoms with Crippen molar-refractivity contribution in [3.63, 3.8) is 0 Å². The molecule has 0 aliphatic heterocycles.